The number of aromatic nitrogens is 2. The molecule has 3 rings (SSSR count). The second kappa shape index (κ2) is 9.60. The average Bonchev–Trinajstić information content (AvgIpc) is 2.71. The number of hydrogen-bond donors (Lipinski definition) is 3. The quantitative estimate of drug-likeness (QED) is 0.459. The Labute approximate surface area is 179 Å². The van der Waals surface area contributed by atoms with Crippen LogP contribution in [0, 0.1) is 13.8 Å². The molecule has 0 unspecified atom stereocenters. The Morgan fingerprint density at radius 3 is 2.53 bits per heavy atom. The minimum Gasteiger partial charge on any atom is -0.478 e. The highest BCUT2D eigenvalue weighted by atomic mass is 32.2. The second-order valence-electron chi connectivity index (χ2n) is 7.01. The van der Waals surface area contributed by atoms with Crippen molar-refractivity contribution in [1.29, 1.82) is 0 Å². The summed E-state index contributed by atoms with van der Waals surface area (Å²) < 4.78 is 8.84. The second-order valence-corrected chi connectivity index (χ2v) is 7.89. The summed E-state index contributed by atoms with van der Waals surface area (Å²) in [5.41, 5.74) is 9.98. The molecule has 7 nitrogen and oxygen atoms in total. The number of rotatable bonds is 8. The van der Waals surface area contributed by atoms with Crippen molar-refractivity contribution in [2.24, 2.45) is 5.73 Å². The van der Waals surface area contributed by atoms with Crippen LogP contribution in [-0.4, -0.2) is 33.7 Å². The minimum atomic E-state index is -0.975. The number of ether oxygens (including phenoxy) is 1. The van der Waals surface area contributed by atoms with Gasteiger partial charge in [-0.25, -0.2) is 9.78 Å². The number of nitrogens with zero attached hydrogens (tertiary/aromatic N) is 2. The van der Waals surface area contributed by atoms with Gasteiger partial charge in [-0.1, -0.05) is 24.3 Å². The molecule has 156 valence electrons. The summed E-state index contributed by atoms with van der Waals surface area (Å²) in [5.74, 6) is -0.194. The van der Waals surface area contributed by atoms with E-state index in [0.29, 0.717) is 18.4 Å². The standard InChI is InChI=1S/C22H24N4O3S/c1-13-6-4-7-14(2)20(13)18-11-19(29-12-15(3)23)25-22(24-18)26-30-17-9-5-8-16(10-17)21(27)28/h4-11,15H,12,23H2,1-3H3,(H,27,28)(H,24,25,26)/t15-/m1/s1. The fourth-order valence-electron chi connectivity index (χ4n) is 2.91. The van der Waals surface area contributed by atoms with Gasteiger partial charge in [0.1, 0.15) is 6.61 Å². The van der Waals surface area contributed by atoms with E-state index in [4.69, 9.17) is 15.6 Å². The predicted molar refractivity (Wildman–Crippen MR) is 119 cm³/mol. The van der Waals surface area contributed by atoms with Gasteiger partial charge in [-0.2, -0.15) is 4.98 Å². The minimum absolute atomic E-state index is 0.131. The molecule has 0 saturated heterocycles. The molecular formula is C22H24N4O3S. The van der Waals surface area contributed by atoms with Crippen LogP contribution < -0.4 is 15.2 Å². The van der Waals surface area contributed by atoms with E-state index in [2.05, 4.69) is 14.7 Å². The summed E-state index contributed by atoms with van der Waals surface area (Å²) >= 11 is 1.23. The third-order valence-electron chi connectivity index (χ3n) is 4.28. The summed E-state index contributed by atoms with van der Waals surface area (Å²) in [5, 5.41) is 9.17. The largest absolute Gasteiger partial charge is 0.478 e. The van der Waals surface area contributed by atoms with Gasteiger partial charge in [0.25, 0.3) is 0 Å². The van der Waals surface area contributed by atoms with Crippen molar-refractivity contribution in [2.75, 3.05) is 11.3 Å². The molecule has 0 spiro atoms. The van der Waals surface area contributed by atoms with Crippen LogP contribution in [0.15, 0.2) is 53.4 Å². The molecule has 1 aromatic heterocycles. The fraction of sp³-hybridized carbons (Fsp3) is 0.227. The van der Waals surface area contributed by atoms with Crippen LogP contribution >= 0.6 is 11.9 Å². The Morgan fingerprint density at radius 2 is 1.87 bits per heavy atom. The van der Waals surface area contributed by atoms with E-state index < -0.39 is 5.97 Å². The van der Waals surface area contributed by atoms with Crippen molar-refractivity contribution in [3.8, 4) is 17.1 Å². The lowest BCUT2D eigenvalue weighted by molar-refractivity contribution is 0.0696. The third kappa shape index (κ3) is 5.49. The number of hydrogen-bond acceptors (Lipinski definition) is 7. The first kappa shape index (κ1) is 21.6. The summed E-state index contributed by atoms with van der Waals surface area (Å²) in [7, 11) is 0. The zero-order valence-corrected chi connectivity index (χ0v) is 17.9. The topological polar surface area (TPSA) is 110 Å². The summed E-state index contributed by atoms with van der Waals surface area (Å²) in [6, 6.07) is 14.4. The third-order valence-corrected chi connectivity index (χ3v) is 5.05. The molecule has 8 heteroatoms. The summed E-state index contributed by atoms with van der Waals surface area (Å²) in [4.78, 5) is 21.0. The number of carboxylic acid groups (broad SMARTS) is 1. The van der Waals surface area contributed by atoms with Gasteiger partial charge < -0.3 is 15.6 Å². The number of benzene rings is 2. The van der Waals surface area contributed by atoms with E-state index in [1.54, 1.807) is 24.3 Å². The molecule has 2 aromatic carbocycles. The zero-order chi connectivity index (χ0) is 21.7. The monoisotopic (exact) mass is 424 g/mol. The van der Waals surface area contributed by atoms with E-state index in [1.807, 2.05) is 45.0 Å². The van der Waals surface area contributed by atoms with Gasteiger partial charge >= 0.3 is 5.97 Å². The van der Waals surface area contributed by atoms with Gasteiger partial charge in [0.2, 0.25) is 11.8 Å². The van der Waals surface area contributed by atoms with E-state index in [9.17, 15) is 4.79 Å². The van der Waals surface area contributed by atoms with Gasteiger partial charge in [0.15, 0.2) is 0 Å². The van der Waals surface area contributed by atoms with E-state index in [1.165, 1.54) is 11.9 Å². The van der Waals surface area contributed by atoms with Crippen LogP contribution in [0.4, 0.5) is 5.95 Å². The number of nitrogens with two attached hydrogens (primary N) is 1. The van der Waals surface area contributed by atoms with Crippen molar-refractivity contribution >= 4 is 23.9 Å². The SMILES string of the molecule is Cc1cccc(C)c1-c1cc(OC[C@@H](C)N)nc(NSc2cccc(C(=O)O)c2)n1. The molecule has 4 N–H and O–H groups in total. The van der Waals surface area contributed by atoms with Crippen LogP contribution in [0.25, 0.3) is 11.3 Å². The molecule has 0 aliphatic carbocycles. The van der Waals surface area contributed by atoms with Gasteiger partial charge in [-0.15, -0.1) is 0 Å². The lowest BCUT2D eigenvalue weighted by Gasteiger charge is -2.14. The highest BCUT2D eigenvalue weighted by molar-refractivity contribution is 8.00. The lowest BCUT2D eigenvalue weighted by atomic mass is 10.00. The molecule has 0 bridgehead atoms. The maximum atomic E-state index is 11.2. The zero-order valence-electron chi connectivity index (χ0n) is 17.0. The molecule has 0 radical (unpaired) electrons. The first-order valence-corrected chi connectivity index (χ1v) is 10.3. The van der Waals surface area contributed by atoms with Gasteiger partial charge in [0.05, 0.1) is 11.3 Å². The number of carbonyl (C=O) groups is 1. The first-order chi connectivity index (χ1) is 14.3. The summed E-state index contributed by atoms with van der Waals surface area (Å²) in [6.45, 7) is 6.26. The molecule has 0 aliphatic heterocycles. The van der Waals surface area contributed by atoms with Gasteiger partial charge in [-0.05, 0) is 62.0 Å². The smallest absolute Gasteiger partial charge is 0.335 e. The fourth-order valence-corrected chi connectivity index (χ4v) is 3.54. The van der Waals surface area contributed by atoms with Crippen LogP contribution in [-0.2, 0) is 0 Å². The van der Waals surface area contributed by atoms with Gasteiger partial charge in [-0.3, -0.25) is 4.72 Å². The van der Waals surface area contributed by atoms with E-state index in [-0.39, 0.29) is 11.6 Å². The highest BCUT2D eigenvalue weighted by Gasteiger charge is 2.13. The Bertz CT molecular complexity index is 1040. The molecular weight excluding hydrogens is 400 g/mol. The number of aryl methyl sites for hydroxylation is 2. The van der Waals surface area contributed by atoms with Crippen LogP contribution in [0.3, 0.4) is 0 Å². The maximum Gasteiger partial charge on any atom is 0.335 e. The Morgan fingerprint density at radius 1 is 1.17 bits per heavy atom. The van der Waals surface area contributed by atoms with Crippen molar-refractivity contribution in [3.05, 3.63) is 65.2 Å². The Kier molecular flexibility index (Phi) is 6.91. The first-order valence-electron chi connectivity index (χ1n) is 9.43. The Hall–Kier alpha value is -3.10. The number of carboxylic acids is 1. The van der Waals surface area contributed by atoms with Crippen LogP contribution in [0.5, 0.6) is 5.88 Å². The molecule has 0 aliphatic rings. The van der Waals surface area contributed by atoms with E-state index in [0.717, 1.165) is 27.3 Å². The average molecular weight is 425 g/mol. The van der Waals surface area contributed by atoms with E-state index >= 15 is 0 Å². The van der Waals surface area contributed by atoms with Gasteiger partial charge in [0, 0.05) is 22.6 Å². The predicted octanol–water partition coefficient (Wildman–Crippen LogP) is 4.30. The normalized spacial score (nSPS) is 11.7. The number of nitrogens with one attached hydrogen (secondary N) is 1. The van der Waals surface area contributed by atoms with Crippen molar-refractivity contribution in [2.45, 2.75) is 31.7 Å². The lowest BCUT2D eigenvalue weighted by Crippen LogP contribution is -2.24. The molecule has 30 heavy (non-hydrogen) atoms. The molecule has 1 heterocycles. The van der Waals surface area contributed by atoms with Crippen LogP contribution in [0.1, 0.15) is 28.4 Å². The number of anilines is 1. The maximum absolute atomic E-state index is 11.2. The molecule has 0 amide bonds. The highest BCUT2D eigenvalue weighted by Crippen LogP contribution is 2.30. The molecule has 0 fully saturated rings. The van der Waals surface area contributed by atoms with Crippen LogP contribution in [0.2, 0.25) is 0 Å². The Balaban J connectivity index is 1.92. The van der Waals surface area contributed by atoms with Crippen molar-refractivity contribution in [3.63, 3.8) is 0 Å². The molecule has 1 atom stereocenters. The van der Waals surface area contributed by atoms with Crippen molar-refractivity contribution < 1.29 is 14.6 Å². The molecule has 3 aromatic rings. The van der Waals surface area contributed by atoms with Crippen molar-refractivity contribution in [1.82, 2.24) is 9.97 Å². The number of aromatic carboxylic acids is 1. The molecule has 0 saturated carbocycles. The summed E-state index contributed by atoms with van der Waals surface area (Å²) in [6.07, 6.45) is 0.